The number of aliphatic hydroxyl groups is 1. The zero-order chi connectivity index (χ0) is 17.1. The third-order valence-electron chi connectivity index (χ3n) is 3.74. The van der Waals surface area contributed by atoms with Crippen LogP contribution in [0.2, 0.25) is 0 Å². The van der Waals surface area contributed by atoms with Crippen LogP contribution in [-0.4, -0.2) is 33.6 Å². The molecule has 126 valence electrons. The number of alkyl halides is 3. The van der Waals surface area contributed by atoms with Crippen molar-refractivity contribution in [2.45, 2.75) is 50.9 Å². The number of carbonyl (C=O) groups is 1. The Kier molecular flexibility index (Phi) is 5.09. The maximum absolute atomic E-state index is 13.2. The Labute approximate surface area is 132 Å². The maximum atomic E-state index is 13.2. The third kappa shape index (κ3) is 3.72. The van der Waals surface area contributed by atoms with Crippen molar-refractivity contribution < 1.29 is 23.1 Å². The van der Waals surface area contributed by atoms with Crippen LogP contribution in [0.15, 0.2) is 35.4 Å². The molecule has 0 aromatic heterocycles. The Morgan fingerprint density at radius 1 is 1.30 bits per heavy atom. The van der Waals surface area contributed by atoms with Gasteiger partial charge in [-0.2, -0.15) is 23.3 Å². The van der Waals surface area contributed by atoms with E-state index in [2.05, 4.69) is 5.10 Å². The summed E-state index contributed by atoms with van der Waals surface area (Å²) in [6.45, 7) is 1.80. The highest BCUT2D eigenvalue weighted by molar-refractivity contribution is 5.90. The highest BCUT2D eigenvalue weighted by Crippen LogP contribution is 2.41. The Morgan fingerprint density at radius 3 is 2.52 bits per heavy atom. The minimum atomic E-state index is -4.95. The highest BCUT2D eigenvalue weighted by atomic mass is 19.4. The minimum absolute atomic E-state index is 0.148. The normalized spacial score (nSPS) is 21.4. The standard InChI is InChI=1S/C16H19F3N2O2/c1-2-6-13-11-15(23,16(17,18)19)21(20-13)14(22)10-9-12-7-4-3-5-8-12/h3-5,7-8,23H,2,6,9-11H2,1H3/t15-/m1/s1. The monoisotopic (exact) mass is 328 g/mol. The lowest BCUT2D eigenvalue weighted by atomic mass is 10.0. The van der Waals surface area contributed by atoms with Crippen LogP contribution in [-0.2, 0) is 11.2 Å². The molecule has 0 bridgehead atoms. The molecule has 0 unspecified atom stereocenters. The molecule has 1 amide bonds. The summed E-state index contributed by atoms with van der Waals surface area (Å²) in [5, 5.41) is 14.0. The molecule has 2 rings (SSSR count). The van der Waals surface area contributed by atoms with E-state index in [1.54, 1.807) is 31.2 Å². The van der Waals surface area contributed by atoms with Gasteiger partial charge in [0.2, 0.25) is 5.91 Å². The summed E-state index contributed by atoms with van der Waals surface area (Å²) < 4.78 is 39.6. The second-order valence-corrected chi connectivity index (χ2v) is 5.60. The number of hydrogen-bond acceptors (Lipinski definition) is 3. The van der Waals surface area contributed by atoms with Gasteiger partial charge >= 0.3 is 6.18 Å². The topological polar surface area (TPSA) is 52.9 Å². The average Bonchev–Trinajstić information content (AvgIpc) is 2.84. The molecular weight excluding hydrogens is 309 g/mol. The van der Waals surface area contributed by atoms with E-state index in [1.165, 1.54) is 0 Å². The Hall–Kier alpha value is -1.89. The molecule has 1 aromatic rings. The summed E-state index contributed by atoms with van der Waals surface area (Å²) in [6.07, 6.45) is -4.57. The summed E-state index contributed by atoms with van der Waals surface area (Å²) >= 11 is 0. The van der Waals surface area contributed by atoms with Gasteiger partial charge in [-0.05, 0) is 18.4 Å². The number of hydrogen-bond donors (Lipinski definition) is 1. The van der Waals surface area contributed by atoms with Gasteiger partial charge in [0, 0.05) is 18.6 Å². The predicted octanol–water partition coefficient (Wildman–Crippen LogP) is 3.26. The van der Waals surface area contributed by atoms with E-state index in [0.717, 1.165) is 5.56 Å². The second-order valence-electron chi connectivity index (χ2n) is 5.60. The number of halogens is 3. The fourth-order valence-electron chi connectivity index (χ4n) is 2.53. The number of nitrogens with zero attached hydrogens (tertiary/aromatic N) is 2. The molecule has 1 heterocycles. The summed E-state index contributed by atoms with van der Waals surface area (Å²) in [7, 11) is 0. The SMILES string of the molecule is CCCC1=NN(C(=O)CCc2ccccc2)[C@](O)(C(F)(F)F)C1. The lowest BCUT2D eigenvalue weighted by Crippen LogP contribution is -2.56. The molecule has 1 aromatic carbocycles. The van der Waals surface area contributed by atoms with Crippen LogP contribution in [0.1, 0.15) is 38.2 Å². The summed E-state index contributed by atoms with van der Waals surface area (Å²) in [5.74, 6) is -0.834. The number of benzene rings is 1. The molecule has 4 nitrogen and oxygen atoms in total. The predicted molar refractivity (Wildman–Crippen MR) is 79.6 cm³/mol. The van der Waals surface area contributed by atoms with Gasteiger partial charge in [-0.15, -0.1) is 0 Å². The van der Waals surface area contributed by atoms with Crippen molar-refractivity contribution in [3.05, 3.63) is 35.9 Å². The fraction of sp³-hybridized carbons (Fsp3) is 0.500. The van der Waals surface area contributed by atoms with Crippen molar-refractivity contribution >= 4 is 11.6 Å². The van der Waals surface area contributed by atoms with Crippen molar-refractivity contribution in [1.29, 1.82) is 0 Å². The van der Waals surface area contributed by atoms with Gasteiger partial charge in [0.1, 0.15) is 0 Å². The Balaban J connectivity index is 2.14. The van der Waals surface area contributed by atoms with Crippen LogP contribution in [0.4, 0.5) is 13.2 Å². The van der Waals surface area contributed by atoms with Crippen molar-refractivity contribution in [2.24, 2.45) is 5.10 Å². The van der Waals surface area contributed by atoms with E-state index >= 15 is 0 Å². The number of carbonyl (C=O) groups excluding carboxylic acids is 1. The second kappa shape index (κ2) is 6.70. The lowest BCUT2D eigenvalue weighted by molar-refractivity contribution is -0.302. The minimum Gasteiger partial charge on any atom is -0.362 e. The average molecular weight is 328 g/mol. The van der Waals surface area contributed by atoms with Gasteiger partial charge in [-0.1, -0.05) is 43.7 Å². The molecule has 1 aliphatic rings. The quantitative estimate of drug-likeness (QED) is 0.902. The van der Waals surface area contributed by atoms with Crippen LogP contribution < -0.4 is 0 Å². The zero-order valence-electron chi connectivity index (χ0n) is 12.8. The zero-order valence-corrected chi connectivity index (χ0v) is 12.8. The first-order valence-electron chi connectivity index (χ1n) is 7.50. The molecular formula is C16H19F3N2O2. The van der Waals surface area contributed by atoms with Gasteiger partial charge < -0.3 is 5.11 Å². The van der Waals surface area contributed by atoms with Crippen molar-refractivity contribution in [2.75, 3.05) is 0 Å². The number of hydrazone groups is 1. The van der Waals surface area contributed by atoms with Gasteiger partial charge in [0.25, 0.3) is 5.72 Å². The van der Waals surface area contributed by atoms with Crippen LogP contribution in [0.25, 0.3) is 0 Å². The molecule has 0 fully saturated rings. The van der Waals surface area contributed by atoms with Crippen LogP contribution in [0, 0.1) is 0 Å². The van der Waals surface area contributed by atoms with Crippen molar-refractivity contribution in [1.82, 2.24) is 5.01 Å². The van der Waals surface area contributed by atoms with E-state index in [4.69, 9.17) is 0 Å². The highest BCUT2D eigenvalue weighted by Gasteiger charge is 2.62. The van der Waals surface area contributed by atoms with Gasteiger partial charge in [-0.25, -0.2) is 0 Å². The van der Waals surface area contributed by atoms with E-state index in [-0.39, 0.29) is 17.1 Å². The Bertz CT molecular complexity index is 587. The number of aryl methyl sites for hydroxylation is 1. The molecule has 0 aliphatic carbocycles. The number of rotatable bonds is 5. The first kappa shape index (κ1) is 17.5. The van der Waals surface area contributed by atoms with E-state index in [1.807, 2.05) is 6.07 Å². The first-order valence-corrected chi connectivity index (χ1v) is 7.50. The van der Waals surface area contributed by atoms with Crippen LogP contribution >= 0.6 is 0 Å². The van der Waals surface area contributed by atoms with E-state index < -0.39 is 24.2 Å². The van der Waals surface area contributed by atoms with E-state index in [9.17, 15) is 23.1 Å². The van der Waals surface area contributed by atoms with Gasteiger partial charge in [0.05, 0.1) is 0 Å². The maximum Gasteiger partial charge on any atom is 0.438 e. The summed E-state index contributed by atoms with van der Waals surface area (Å²) in [4.78, 5) is 12.2. The molecule has 0 saturated heterocycles. The molecule has 1 N–H and O–H groups in total. The smallest absolute Gasteiger partial charge is 0.362 e. The fourth-order valence-corrected chi connectivity index (χ4v) is 2.53. The molecule has 1 atom stereocenters. The lowest BCUT2D eigenvalue weighted by Gasteiger charge is -2.32. The third-order valence-corrected chi connectivity index (χ3v) is 3.74. The molecule has 1 aliphatic heterocycles. The van der Waals surface area contributed by atoms with Crippen molar-refractivity contribution in [3.8, 4) is 0 Å². The molecule has 0 saturated carbocycles. The summed E-state index contributed by atoms with van der Waals surface area (Å²) in [6, 6.07) is 8.98. The molecule has 23 heavy (non-hydrogen) atoms. The molecule has 0 spiro atoms. The van der Waals surface area contributed by atoms with Crippen molar-refractivity contribution in [3.63, 3.8) is 0 Å². The summed E-state index contributed by atoms with van der Waals surface area (Å²) in [5.41, 5.74) is -2.20. The number of amides is 1. The largest absolute Gasteiger partial charge is 0.438 e. The molecule has 0 radical (unpaired) electrons. The van der Waals surface area contributed by atoms with Gasteiger partial charge in [-0.3, -0.25) is 4.79 Å². The first-order chi connectivity index (χ1) is 10.8. The van der Waals surface area contributed by atoms with Crippen LogP contribution in [0.3, 0.4) is 0 Å². The van der Waals surface area contributed by atoms with Crippen LogP contribution in [0.5, 0.6) is 0 Å². The van der Waals surface area contributed by atoms with Gasteiger partial charge in [0.15, 0.2) is 0 Å². The Morgan fingerprint density at radius 2 is 1.96 bits per heavy atom. The molecule has 7 heteroatoms. The van der Waals surface area contributed by atoms with E-state index in [0.29, 0.717) is 19.3 Å².